The van der Waals surface area contributed by atoms with Crippen molar-refractivity contribution in [3.63, 3.8) is 0 Å². The molecule has 107 heavy (non-hydrogen) atoms. The number of carbonyl (C=O) groups excluding carboxylic acids is 14. The van der Waals surface area contributed by atoms with E-state index in [9.17, 15) is 47.9 Å². The molecule has 0 aliphatic carbocycles. The van der Waals surface area contributed by atoms with E-state index in [1.165, 1.54) is 36.6 Å². The molecule has 3 aliphatic rings. The van der Waals surface area contributed by atoms with Gasteiger partial charge in [0, 0.05) is 95.0 Å². The number of amides is 14. The number of fused-ring (bicyclic) bond motifs is 11. The first-order valence-electron chi connectivity index (χ1n) is 35.4. The van der Waals surface area contributed by atoms with Gasteiger partial charge in [0.1, 0.15) is 66.5 Å². The van der Waals surface area contributed by atoms with E-state index in [1.54, 1.807) is 68.4 Å². The number of nitrogens with two attached hydrogens (primary N) is 3. The first-order valence-corrected chi connectivity index (χ1v) is 35.7. The lowest BCUT2D eigenvalue weighted by Crippen LogP contribution is -2.61. The highest BCUT2D eigenvalue weighted by Crippen LogP contribution is 2.22. The van der Waals surface area contributed by atoms with E-state index in [-0.39, 0.29) is 95.7 Å². The van der Waals surface area contributed by atoms with E-state index >= 15 is 19.2 Å². The van der Waals surface area contributed by atoms with E-state index in [0.29, 0.717) is 27.3 Å². The summed E-state index contributed by atoms with van der Waals surface area (Å²) in [6.45, 7) is 3.66. The number of carbonyl (C=O) groups is 14. The van der Waals surface area contributed by atoms with Crippen LogP contribution >= 0.6 is 11.6 Å². The summed E-state index contributed by atoms with van der Waals surface area (Å²) in [5, 5.41) is 33.8. The topological polar surface area (TPSA) is 503 Å². The monoisotopic (exact) mass is 1490 g/mol. The Morgan fingerprint density at radius 3 is 1.89 bits per heavy atom. The second-order valence-corrected chi connectivity index (χ2v) is 27.4. The molecule has 2 aromatic heterocycles. The van der Waals surface area contributed by atoms with Crippen LogP contribution in [-0.2, 0) is 92.8 Å². The van der Waals surface area contributed by atoms with Crippen LogP contribution in [0.3, 0.4) is 0 Å². The number of rotatable bonds is 22. The third-order valence-electron chi connectivity index (χ3n) is 18.1. The number of benzene rings is 3. The summed E-state index contributed by atoms with van der Waals surface area (Å²) in [4.78, 5) is 218. The normalized spacial score (nSPS) is 21.9. The lowest BCUT2D eigenvalue weighted by Gasteiger charge is -2.31. The molecule has 33 nitrogen and oxygen atoms in total. The maximum Gasteiger partial charge on any atom is 0.245 e. The van der Waals surface area contributed by atoms with E-state index in [2.05, 4.69) is 78.8 Å². The molecule has 570 valence electrons. The first kappa shape index (κ1) is 81.0. The van der Waals surface area contributed by atoms with Crippen molar-refractivity contribution >= 4 is 111 Å². The highest BCUT2D eigenvalue weighted by Gasteiger charge is 2.42. The number of pyridine rings is 2. The minimum atomic E-state index is -2.08. The molecule has 8 rings (SSSR count). The predicted octanol–water partition coefficient (Wildman–Crippen LogP) is -2.18. The summed E-state index contributed by atoms with van der Waals surface area (Å²) in [6, 6.07) is 8.36. The van der Waals surface area contributed by atoms with Crippen LogP contribution in [0, 0.1) is 5.92 Å². The maximum atomic E-state index is 15.4. The number of hydrogen-bond donors (Lipinski definition) is 15. The molecule has 0 saturated carbocycles. The van der Waals surface area contributed by atoms with Gasteiger partial charge in [0.15, 0.2) is 5.96 Å². The molecule has 3 aromatic carbocycles. The van der Waals surface area contributed by atoms with Gasteiger partial charge >= 0.3 is 0 Å². The summed E-state index contributed by atoms with van der Waals surface area (Å²) in [5.41, 5.74) is 18.9. The zero-order valence-corrected chi connectivity index (χ0v) is 60.3. The number of aliphatic imine (C=N–C) groups is 1. The Morgan fingerprint density at radius 1 is 0.598 bits per heavy atom. The van der Waals surface area contributed by atoms with Crippen molar-refractivity contribution < 1.29 is 67.1 Å². The van der Waals surface area contributed by atoms with Crippen LogP contribution in [-0.4, -0.2) is 196 Å². The van der Waals surface area contributed by atoms with Crippen molar-refractivity contribution in [2.75, 3.05) is 26.2 Å². The number of primary amides is 1. The van der Waals surface area contributed by atoms with Crippen molar-refractivity contribution in [3.05, 3.63) is 143 Å². The maximum absolute atomic E-state index is 15.4. The summed E-state index contributed by atoms with van der Waals surface area (Å²) in [7, 11) is 0. The lowest BCUT2D eigenvalue weighted by molar-refractivity contribution is -0.142. The highest BCUT2D eigenvalue weighted by atomic mass is 35.5. The molecular weight excluding hydrogens is 1400 g/mol. The van der Waals surface area contributed by atoms with Crippen molar-refractivity contribution in [3.8, 4) is 0 Å². The Bertz CT molecular complexity index is 4080. The van der Waals surface area contributed by atoms with E-state index in [0.717, 1.165) is 10.8 Å². The summed E-state index contributed by atoms with van der Waals surface area (Å²) in [6.07, 6.45) is 2.48. The zero-order chi connectivity index (χ0) is 77.3. The van der Waals surface area contributed by atoms with E-state index in [4.69, 9.17) is 28.8 Å². The summed E-state index contributed by atoms with van der Waals surface area (Å²) >= 11 is 6.28. The molecule has 5 aromatic rings. The second kappa shape index (κ2) is 39.5. The molecule has 18 N–H and O–H groups in total. The van der Waals surface area contributed by atoms with Crippen molar-refractivity contribution in [1.29, 1.82) is 0 Å². The van der Waals surface area contributed by atoms with Gasteiger partial charge in [0.25, 0.3) is 0 Å². The number of aromatic nitrogens is 2. The molecule has 5 heterocycles. The Morgan fingerprint density at radius 2 is 1.22 bits per heavy atom. The minimum Gasteiger partial charge on any atom is -0.370 e. The first-order chi connectivity index (χ1) is 51.2. The van der Waals surface area contributed by atoms with Gasteiger partial charge in [-0.1, -0.05) is 92.2 Å². The van der Waals surface area contributed by atoms with Gasteiger partial charge in [0.2, 0.25) is 82.7 Å². The Kier molecular flexibility index (Phi) is 29.9. The molecule has 0 spiro atoms. The van der Waals surface area contributed by atoms with E-state index < -0.39 is 175 Å². The van der Waals surface area contributed by atoms with Crippen molar-refractivity contribution in [1.82, 2.24) is 78.7 Å². The molecule has 34 heteroatoms. The predicted molar refractivity (Wildman–Crippen MR) is 391 cm³/mol. The number of halogens is 1. The number of nitrogens with zero attached hydrogens (tertiary/aromatic N) is 4. The largest absolute Gasteiger partial charge is 0.370 e. The molecule has 3 saturated heterocycles. The smallest absolute Gasteiger partial charge is 0.245 e. The lowest BCUT2D eigenvalue weighted by atomic mass is 9.99. The Hall–Kier alpha value is -11.6. The van der Waals surface area contributed by atoms with Crippen LogP contribution in [0.2, 0.25) is 5.02 Å². The minimum absolute atomic E-state index is 0.0127. The van der Waals surface area contributed by atoms with Crippen LogP contribution < -0.4 is 81.0 Å². The van der Waals surface area contributed by atoms with Gasteiger partial charge in [0.05, 0.1) is 6.42 Å². The second-order valence-electron chi connectivity index (χ2n) is 27.0. The molecule has 2 bridgehead atoms. The van der Waals surface area contributed by atoms with Crippen LogP contribution in [0.5, 0.6) is 0 Å². The van der Waals surface area contributed by atoms with Crippen molar-refractivity contribution in [2.45, 2.75) is 171 Å². The van der Waals surface area contributed by atoms with Crippen LogP contribution in [0.15, 0.2) is 121 Å². The fourth-order valence-corrected chi connectivity index (χ4v) is 12.8. The molecule has 0 unspecified atom stereocenters. The fourth-order valence-electron chi connectivity index (χ4n) is 12.6. The van der Waals surface area contributed by atoms with Crippen molar-refractivity contribution in [2.24, 2.45) is 28.1 Å². The SMILES string of the molecule is CC(=O)N[C@H](Cc1ccc2ccccc2c1)C(=O)N[C@H](Cc1ccc(Cl)cc1)C(=O)N[C@H](Cc1cccnc1)C(=O)N[C@H]1CC(=O)NC[C@@H](C(N)=O)NC(=O)[C@@H]2CCCN2C(=O)[C@@H]2CCNC(=O)[C@H](CCCN=C(N)N)NC(=O)CC[C@H](NC1=O)C(=O)N[C@H](Cc1cccnc1)C(=O)N[C@@H](CC(C)C)C(=O)N2. The zero-order valence-electron chi connectivity index (χ0n) is 59.5. The summed E-state index contributed by atoms with van der Waals surface area (Å²) < 4.78 is 0. The third kappa shape index (κ3) is 25.0. The van der Waals surface area contributed by atoms with Gasteiger partial charge in [-0.2, -0.15) is 0 Å². The molecule has 14 amide bonds. The number of nitrogens with one attached hydrogen (secondary N) is 12. The van der Waals surface area contributed by atoms with Crippen LogP contribution in [0.25, 0.3) is 10.8 Å². The number of hydrogen-bond acceptors (Lipinski definition) is 17. The molecule has 3 fully saturated rings. The Labute approximate surface area is 622 Å². The van der Waals surface area contributed by atoms with Gasteiger partial charge in [-0.25, -0.2) is 0 Å². The highest BCUT2D eigenvalue weighted by molar-refractivity contribution is 6.30. The molecule has 0 radical (unpaired) electrons. The quantitative estimate of drug-likeness (QED) is 0.0152. The average molecular weight is 1500 g/mol. The van der Waals surface area contributed by atoms with E-state index in [1.807, 2.05) is 36.4 Å². The summed E-state index contributed by atoms with van der Waals surface area (Å²) in [5.74, 6) is -13.8. The van der Waals surface area contributed by atoms with Gasteiger partial charge < -0.3 is 85.9 Å². The molecular formula is C73H92ClN19O14. The van der Waals surface area contributed by atoms with Gasteiger partial charge in [-0.15, -0.1) is 0 Å². The number of guanidine groups is 1. The average Bonchev–Trinajstić information content (AvgIpc) is 1.79. The van der Waals surface area contributed by atoms with Crippen LogP contribution in [0.1, 0.15) is 101 Å². The fraction of sp³-hybridized carbons (Fsp3) is 0.438. The standard InChI is InChI=1S/C73H92ClN19O14/c1-40(2)30-52-65(100)86-51-24-28-80-63(98)49(14-8-27-81-73(76)77)84-60(95)23-22-50(64(99)88-55(68(103)87-52)34-44-10-6-25-78-37-44)85-70(105)57(36-61(96)82-39-58(62(75)97)92-71(106)59-15-9-29-93(59)72(51)107)91-69(104)56(35-45-11-7-26-79-38-45)90-67(102)54(32-42-17-20-48(74)21-18-42)89-66(101)53(83-41(3)94)33-43-16-19-46-12-4-5-13-47(46)31-43/h4-7,10-13,16-21,25-26,31,37-38,40,49-59H,8-9,14-15,22-24,27-30,32-36,39H2,1-3H3,(H2,75,97)(H,80,98)(H,82,96)(H,83,94)(H,84,95)(H,85,105)(H,86,100)(H,87,103)(H,88,99)(H,89,101)(H,90,102)(H,91,104)(H,92,106)(H4,76,77,81)/t49-,50-,51-,52-,53+,54+,55+,56+,57-,58-,59-/m0/s1. The van der Waals surface area contributed by atoms with Gasteiger partial charge in [-0.05, 0) is 108 Å². The molecule has 3 aliphatic heterocycles. The van der Waals surface area contributed by atoms with Gasteiger partial charge in [-0.3, -0.25) is 82.1 Å². The Balaban J connectivity index is 1.20. The van der Waals surface area contributed by atoms with Crippen LogP contribution in [0.4, 0.5) is 0 Å². The molecule has 11 atom stereocenters. The third-order valence-corrected chi connectivity index (χ3v) is 18.4.